The molecule has 0 aliphatic carbocycles. The number of nitrogens with zero attached hydrogens (tertiary/aromatic N) is 1. The zero-order chi connectivity index (χ0) is 17.9. The summed E-state index contributed by atoms with van der Waals surface area (Å²) < 4.78 is 5.66. The first-order valence-corrected chi connectivity index (χ1v) is 7.58. The van der Waals surface area contributed by atoms with Crippen molar-refractivity contribution in [3.05, 3.63) is 63.2 Å². The highest BCUT2D eigenvalue weighted by molar-refractivity contribution is 5.95. The largest absolute Gasteiger partial charge is 0.481 e. The molecule has 126 valence electrons. The average Bonchev–Trinajstić information content (AvgIpc) is 2.52. The number of hydrogen-bond acceptors (Lipinski definition) is 4. The van der Waals surface area contributed by atoms with E-state index in [0.29, 0.717) is 17.0 Å². The number of nitrogens with one attached hydrogen (secondary N) is 1. The van der Waals surface area contributed by atoms with E-state index in [9.17, 15) is 14.9 Å². The minimum atomic E-state index is -0.731. The van der Waals surface area contributed by atoms with Crippen LogP contribution in [-0.4, -0.2) is 16.9 Å². The molecule has 6 nitrogen and oxygen atoms in total. The van der Waals surface area contributed by atoms with Crippen LogP contribution < -0.4 is 10.1 Å². The van der Waals surface area contributed by atoms with Gasteiger partial charge in [0.15, 0.2) is 6.10 Å². The zero-order valence-electron chi connectivity index (χ0n) is 14.1. The molecule has 0 aliphatic rings. The molecule has 0 spiro atoms. The molecule has 6 heteroatoms. The van der Waals surface area contributed by atoms with Crippen molar-refractivity contribution >= 4 is 17.3 Å². The van der Waals surface area contributed by atoms with Gasteiger partial charge in [0.25, 0.3) is 11.6 Å². The molecule has 0 heterocycles. The van der Waals surface area contributed by atoms with Gasteiger partial charge in [-0.2, -0.15) is 0 Å². The van der Waals surface area contributed by atoms with Crippen LogP contribution in [-0.2, 0) is 4.79 Å². The minimum absolute atomic E-state index is 0.0319. The Labute approximate surface area is 140 Å². The van der Waals surface area contributed by atoms with Gasteiger partial charge in [-0.15, -0.1) is 0 Å². The predicted molar refractivity (Wildman–Crippen MR) is 92.5 cm³/mol. The van der Waals surface area contributed by atoms with Gasteiger partial charge in [0.2, 0.25) is 0 Å². The molecule has 1 N–H and O–H groups in total. The van der Waals surface area contributed by atoms with E-state index < -0.39 is 11.0 Å². The van der Waals surface area contributed by atoms with E-state index >= 15 is 0 Å². The second-order valence-corrected chi connectivity index (χ2v) is 5.70. The third-order valence-corrected chi connectivity index (χ3v) is 3.92. The van der Waals surface area contributed by atoms with Crippen molar-refractivity contribution in [2.45, 2.75) is 33.8 Å². The molecule has 0 saturated heterocycles. The average molecular weight is 328 g/mol. The van der Waals surface area contributed by atoms with Crippen molar-refractivity contribution in [3.63, 3.8) is 0 Å². The number of nitro benzene ring substituents is 1. The Morgan fingerprint density at radius 3 is 2.50 bits per heavy atom. The van der Waals surface area contributed by atoms with E-state index in [1.54, 1.807) is 19.9 Å². The normalized spacial score (nSPS) is 11.7. The lowest BCUT2D eigenvalue weighted by Crippen LogP contribution is -2.30. The lowest BCUT2D eigenvalue weighted by molar-refractivity contribution is -0.385. The van der Waals surface area contributed by atoms with Crippen LogP contribution in [0.25, 0.3) is 0 Å². The molecule has 24 heavy (non-hydrogen) atoms. The predicted octanol–water partition coefficient (Wildman–Crippen LogP) is 3.93. The van der Waals surface area contributed by atoms with Gasteiger partial charge in [0, 0.05) is 6.07 Å². The van der Waals surface area contributed by atoms with Crippen LogP contribution in [0.3, 0.4) is 0 Å². The first-order chi connectivity index (χ1) is 11.3. The van der Waals surface area contributed by atoms with Crippen molar-refractivity contribution < 1.29 is 14.5 Å². The molecule has 0 bridgehead atoms. The van der Waals surface area contributed by atoms with Gasteiger partial charge >= 0.3 is 0 Å². The maximum Gasteiger partial charge on any atom is 0.274 e. The van der Waals surface area contributed by atoms with E-state index in [1.165, 1.54) is 12.1 Å². The Morgan fingerprint density at radius 2 is 1.88 bits per heavy atom. The molecule has 2 aromatic rings. The molecule has 2 aromatic carbocycles. The quantitative estimate of drug-likeness (QED) is 0.666. The fourth-order valence-corrected chi connectivity index (χ4v) is 2.24. The Bertz CT molecular complexity index is 787. The van der Waals surface area contributed by atoms with Crippen molar-refractivity contribution in [1.82, 2.24) is 0 Å². The molecule has 0 aliphatic heterocycles. The highest BCUT2D eigenvalue weighted by atomic mass is 16.6. The second kappa shape index (κ2) is 7.12. The number of carbonyl (C=O) groups excluding carboxylic acids is 1. The van der Waals surface area contributed by atoms with Crippen molar-refractivity contribution in [2.24, 2.45) is 0 Å². The number of carbonyl (C=O) groups is 1. The van der Waals surface area contributed by atoms with Crippen LogP contribution in [0.1, 0.15) is 23.6 Å². The van der Waals surface area contributed by atoms with Gasteiger partial charge in [-0.05, 0) is 57.0 Å². The van der Waals surface area contributed by atoms with Crippen LogP contribution in [0.2, 0.25) is 0 Å². The first kappa shape index (κ1) is 17.5. The van der Waals surface area contributed by atoms with Crippen LogP contribution >= 0.6 is 0 Å². The topological polar surface area (TPSA) is 81.5 Å². The number of nitro groups is 1. The summed E-state index contributed by atoms with van der Waals surface area (Å²) in [6.45, 7) is 7.21. The summed E-state index contributed by atoms with van der Waals surface area (Å²) in [5, 5.41) is 13.6. The number of amides is 1. The highest BCUT2D eigenvalue weighted by Gasteiger charge is 2.19. The van der Waals surface area contributed by atoms with Crippen LogP contribution in [0.5, 0.6) is 5.75 Å². The number of anilines is 1. The van der Waals surface area contributed by atoms with Gasteiger partial charge < -0.3 is 10.1 Å². The fraction of sp³-hybridized carbons (Fsp3) is 0.278. The zero-order valence-corrected chi connectivity index (χ0v) is 14.1. The Hall–Kier alpha value is -2.89. The summed E-state index contributed by atoms with van der Waals surface area (Å²) in [7, 11) is 0. The van der Waals surface area contributed by atoms with Crippen LogP contribution in [0, 0.1) is 30.9 Å². The molecular formula is C18H20N2O4. The number of benzene rings is 2. The molecule has 0 radical (unpaired) electrons. The third kappa shape index (κ3) is 3.90. The monoisotopic (exact) mass is 328 g/mol. The van der Waals surface area contributed by atoms with E-state index in [0.717, 1.165) is 11.1 Å². The van der Waals surface area contributed by atoms with Crippen LogP contribution in [0.15, 0.2) is 36.4 Å². The molecule has 1 atom stereocenters. The van der Waals surface area contributed by atoms with E-state index in [4.69, 9.17) is 4.74 Å². The maximum absolute atomic E-state index is 12.3. The van der Waals surface area contributed by atoms with Crippen molar-refractivity contribution in [2.75, 3.05) is 5.32 Å². The van der Waals surface area contributed by atoms with Gasteiger partial charge in [0.1, 0.15) is 5.75 Å². The minimum Gasteiger partial charge on any atom is -0.481 e. The van der Waals surface area contributed by atoms with Gasteiger partial charge in [-0.3, -0.25) is 14.9 Å². The first-order valence-electron chi connectivity index (χ1n) is 7.58. The van der Waals surface area contributed by atoms with Crippen molar-refractivity contribution in [3.8, 4) is 5.75 Å². The summed E-state index contributed by atoms with van der Waals surface area (Å²) in [5.74, 6) is 0.244. The summed E-state index contributed by atoms with van der Waals surface area (Å²) in [6.07, 6.45) is -0.731. The Morgan fingerprint density at radius 1 is 1.17 bits per heavy atom. The molecule has 0 saturated carbocycles. The van der Waals surface area contributed by atoms with E-state index in [2.05, 4.69) is 5.32 Å². The SMILES string of the molecule is Cc1ccc(O[C@H](C)C(=O)Nc2cccc([N+](=O)[O-])c2C)cc1C. The molecular weight excluding hydrogens is 308 g/mol. The molecule has 0 unspecified atom stereocenters. The number of rotatable bonds is 5. The van der Waals surface area contributed by atoms with Gasteiger partial charge in [0.05, 0.1) is 16.2 Å². The van der Waals surface area contributed by atoms with Gasteiger partial charge in [-0.25, -0.2) is 0 Å². The highest BCUT2D eigenvalue weighted by Crippen LogP contribution is 2.25. The Kier molecular flexibility index (Phi) is 5.18. The van der Waals surface area contributed by atoms with Crippen molar-refractivity contribution in [1.29, 1.82) is 0 Å². The fourth-order valence-electron chi connectivity index (χ4n) is 2.24. The standard InChI is InChI=1S/C18H20N2O4/c1-11-8-9-15(10-12(11)2)24-14(4)18(21)19-16-6-5-7-17(13(16)3)20(22)23/h5-10,14H,1-4H3,(H,19,21)/t14-/m1/s1. The number of aryl methyl sites for hydroxylation is 2. The number of ether oxygens (including phenoxy) is 1. The molecule has 1 amide bonds. The third-order valence-electron chi connectivity index (χ3n) is 3.92. The summed E-state index contributed by atoms with van der Waals surface area (Å²) >= 11 is 0. The van der Waals surface area contributed by atoms with Gasteiger partial charge in [-0.1, -0.05) is 12.1 Å². The summed E-state index contributed by atoms with van der Waals surface area (Å²) in [4.78, 5) is 22.8. The smallest absolute Gasteiger partial charge is 0.274 e. The molecule has 0 fully saturated rings. The number of hydrogen-bond donors (Lipinski definition) is 1. The maximum atomic E-state index is 12.3. The van der Waals surface area contributed by atoms with E-state index in [1.807, 2.05) is 32.0 Å². The van der Waals surface area contributed by atoms with E-state index in [-0.39, 0.29) is 11.6 Å². The molecule has 0 aromatic heterocycles. The van der Waals surface area contributed by atoms with Crippen LogP contribution in [0.4, 0.5) is 11.4 Å². The summed E-state index contributed by atoms with van der Waals surface area (Å²) in [6, 6.07) is 10.2. The second-order valence-electron chi connectivity index (χ2n) is 5.70. The summed E-state index contributed by atoms with van der Waals surface area (Å²) in [5.41, 5.74) is 3.01. The lowest BCUT2D eigenvalue weighted by atomic mass is 10.1. The Balaban J connectivity index is 2.10. The molecule has 2 rings (SSSR count). The lowest BCUT2D eigenvalue weighted by Gasteiger charge is -2.16.